The first-order valence-electron chi connectivity index (χ1n) is 9.68. The molecule has 1 fully saturated rings. The highest BCUT2D eigenvalue weighted by atomic mass is 32.2. The molecule has 0 saturated carbocycles. The second-order valence-electron chi connectivity index (χ2n) is 6.60. The van der Waals surface area contributed by atoms with Gasteiger partial charge in [0.05, 0.1) is 12.7 Å². The monoisotopic (exact) mass is 396 g/mol. The number of hydrogen-bond donors (Lipinski definition) is 0. The van der Waals surface area contributed by atoms with Crippen molar-refractivity contribution in [2.75, 3.05) is 19.0 Å². The third kappa shape index (κ3) is 4.36. The van der Waals surface area contributed by atoms with Crippen LogP contribution in [-0.2, 0) is 4.74 Å². The highest BCUT2D eigenvalue weighted by molar-refractivity contribution is 7.99. The molecule has 0 aliphatic carbocycles. The summed E-state index contributed by atoms with van der Waals surface area (Å²) in [4.78, 5) is 4.11. The van der Waals surface area contributed by atoms with Crippen molar-refractivity contribution in [2.24, 2.45) is 0 Å². The van der Waals surface area contributed by atoms with Crippen molar-refractivity contribution >= 4 is 11.8 Å². The van der Waals surface area contributed by atoms with Gasteiger partial charge >= 0.3 is 0 Å². The van der Waals surface area contributed by atoms with E-state index in [2.05, 4.69) is 19.7 Å². The minimum absolute atomic E-state index is 0.286. The lowest BCUT2D eigenvalue weighted by Gasteiger charge is -2.22. The van der Waals surface area contributed by atoms with Crippen LogP contribution in [0.25, 0.3) is 17.1 Å². The van der Waals surface area contributed by atoms with Crippen LogP contribution in [0.1, 0.15) is 26.2 Å². The molecule has 2 aromatic heterocycles. The Balaban J connectivity index is 1.65. The molecule has 0 radical (unpaired) electrons. The van der Waals surface area contributed by atoms with Crippen molar-refractivity contribution in [3.63, 3.8) is 0 Å². The Morgan fingerprint density at radius 1 is 1.11 bits per heavy atom. The molecule has 7 heteroatoms. The number of thioether (sulfide) groups is 1. The molecule has 1 saturated heterocycles. The van der Waals surface area contributed by atoms with Gasteiger partial charge in [0.2, 0.25) is 0 Å². The van der Waals surface area contributed by atoms with Crippen LogP contribution < -0.4 is 4.74 Å². The molecule has 0 spiro atoms. The molecule has 0 amide bonds. The van der Waals surface area contributed by atoms with Gasteiger partial charge < -0.3 is 9.47 Å². The summed E-state index contributed by atoms with van der Waals surface area (Å²) >= 11 is 1.70. The van der Waals surface area contributed by atoms with E-state index < -0.39 is 0 Å². The van der Waals surface area contributed by atoms with Gasteiger partial charge in [-0.1, -0.05) is 11.8 Å². The summed E-state index contributed by atoms with van der Waals surface area (Å²) in [6, 6.07) is 11.9. The van der Waals surface area contributed by atoms with Crippen LogP contribution in [0.3, 0.4) is 0 Å². The summed E-state index contributed by atoms with van der Waals surface area (Å²) < 4.78 is 13.6. The standard InChI is InChI=1S/C21H24N4O2S/c1-2-26-18-8-6-17(7-9-18)25-20(16-10-12-22-13-11-16)23-24-21(25)28-15-19-5-3-4-14-27-19/h6-13,19H,2-5,14-15H2,1H3/t19-/m0/s1. The molecule has 28 heavy (non-hydrogen) atoms. The lowest BCUT2D eigenvalue weighted by Crippen LogP contribution is -2.21. The van der Waals surface area contributed by atoms with E-state index in [4.69, 9.17) is 9.47 Å². The van der Waals surface area contributed by atoms with Crippen LogP contribution in [0.2, 0.25) is 0 Å². The highest BCUT2D eigenvalue weighted by Gasteiger charge is 2.19. The SMILES string of the molecule is CCOc1ccc(-n2c(SC[C@@H]3CCCCO3)nnc2-c2ccncc2)cc1. The Hall–Kier alpha value is -2.38. The maximum atomic E-state index is 5.88. The fourth-order valence-corrected chi connectivity index (χ4v) is 4.27. The molecule has 1 aliphatic rings. The largest absolute Gasteiger partial charge is 0.494 e. The van der Waals surface area contributed by atoms with Gasteiger partial charge in [0.25, 0.3) is 0 Å². The van der Waals surface area contributed by atoms with E-state index in [0.717, 1.165) is 53.2 Å². The average Bonchev–Trinajstić information content (AvgIpc) is 3.18. The second-order valence-corrected chi connectivity index (χ2v) is 7.59. The van der Waals surface area contributed by atoms with Gasteiger partial charge in [-0.05, 0) is 62.6 Å². The van der Waals surface area contributed by atoms with Crippen molar-refractivity contribution in [3.05, 3.63) is 48.8 Å². The summed E-state index contributed by atoms with van der Waals surface area (Å²) in [7, 11) is 0. The molecule has 3 aromatic rings. The second kappa shape index (κ2) is 9.21. The maximum Gasteiger partial charge on any atom is 0.196 e. The quantitative estimate of drug-likeness (QED) is 0.552. The maximum absolute atomic E-state index is 5.88. The molecular weight excluding hydrogens is 372 g/mol. The first-order chi connectivity index (χ1) is 13.8. The van der Waals surface area contributed by atoms with Crippen LogP contribution >= 0.6 is 11.8 Å². The molecule has 1 aromatic carbocycles. The lowest BCUT2D eigenvalue weighted by atomic mass is 10.1. The molecule has 0 N–H and O–H groups in total. The molecule has 0 unspecified atom stereocenters. The third-order valence-electron chi connectivity index (χ3n) is 4.65. The molecule has 146 valence electrons. The molecule has 0 bridgehead atoms. The average molecular weight is 397 g/mol. The first-order valence-corrected chi connectivity index (χ1v) is 10.7. The zero-order valence-corrected chi connectivity index (χ0v) is 16.8. The van der Waals surface area contributed by atoms with Gasteiger partial charge in [-0.3, -0.25) is 9.55 Å². The molecule has 4 rings (SSSR count). The molecule has 6 nitrogen and oxygen atoms in total. The van der Waals surface area contributed by atoms with Gasteiger partial charge in [-0.15, -0.1) is 10.2 Å². The van der Waals surface area contributed by atoms with Gasteiger partial charge in [0.15, 0.2) is 11.0 Å². The van der Waals surface area contributed by atoms with Gasteiger partial charge in [0.1, 0.15) is 5.75 Å². The number of ether oxygens (including phenoxy) is 2. The Morgan fingerprint density at radius 3 is 2.64 bits per heavy atom. The van der Waals surface area contributed by atoms with Crippen LogP contribution in [0.5, 0.6) is 5.75 Å². The van der Waals surface area contributed by atoms with Gasteiger partial charge in [-0.25, -0.2) is 0 Å². The van der Waals surface area contributed by atoms with Gasteiger partial charge in [-0.2, -0.15) is 0 Å². The Morgan fingerprint density at radius 2 is 1.93 bits per heavy atom. The van der Waals surface area contributed by atoms with E-state index in [0.29, 0.717) is 6.61 Å². The summed E-state index contributed by atoms with van der Waals surface area (Å²) in [6.45, 7) is 3.49. The smallest absolute Gasteiger partial charge is 0.196 e. The molecule has 3 heterocycles. The van der Waals surface area contributed by atoms with E-state index in [1.54, 1.807) is 24.2 Å². The third-order valence-corrected chi connectivity index (χ3v) is 5.71. The number of benzene rings is 1. The van der Waals surface area contributed by atoms with Crippen molar-refractivity contribution < 1.29 is 9.47 Å². The molecule has 1 atom stereocenters. The number of pyridine rings is 1. The number of aromatic nitrogens is 4. The number of rotatable bonds is 7. The van der Waals surface area contributed by atoms with Crippen LogP contribution in [0, 0.1) is 0 Å². The Labute approximate surface area is 169 Å². The first kappa shape index (κ1) is 19.0. The summed E-state index contributed by atoms with van der Waals surface area (Å²) in [6.07, 6.45) is 7.34. The predicted octanol–water partition coefficient (Wildman–Crippen LogP) is 4.39. The predicted molar refractivity (Wildman–Crippen MR) is 110 cm³/mol. The summed E-state index contributed by atoms with van der Waals surface area (Å²) in [5.74, 6) is 2.54. The molecule has 1 aliphatic heterocycles. The van der Waals surface area contributed by atoms with Crippen molar-refractivity contribution in [1.82, 2.24) is 19.7 Å². The zero-order valence-electron chi connectivity index (χ0n) is 16.0. The van der Waals surface area contributed by atoms with E-state index in [1.807, 2.05) is 43.3 Å². The minimum atomic E-state index is 0.286. The minimum Gasteiger partial charge on any atom is -0.494 e. The van der Waals surface area contributed by atoms with Crippen LogP contribution in [0.15, 0.2) is 53.9 Å². The van der Waals surface area contributed by atoms with Crippen molar-refractivity contribution in [2.45, 2.75) is 37.4 Å². The van der Waals surface area contributed by atoms with E-state index in [1.165, 1.54) is 6.42 Å². The van der Waals surface area contributed by atoms with Crippen molar-refractivity contribution in [3.8, 4) is 22.8 Å². The topological polar surface area (TPSA) is 62.1 Å². The Bertz CT molecular complexity index is 877. The fourth-order valence-electron chi connectivity index (χ4n) is 3.25. The number of hydrogen-bond acceptors (Lipinski definition) is 6. The van der Waals surface area contributed by atoms with Crippen molar-refractivity contribution in [1.29, 1.82) is 0 Å². The van der Waals surface area contributed by atoms with E-state index in [-0.39, 0.29) is 6.10 Å². The summed E-state index contributed by atoms with van der Waals surface area (Å²) in [5.41, 5.74) is 1.99. The van der Waals surface area contributed by atoms with E-state index in [9.17, 15) is 0 Å². The van der Waals surface area contributed by atoms with Crippen LogP contribution in [0.4, 0.5) is 0 Å². The van der Waals surface area contributed by atoms with E-state index >= 15 is 0 Å². The lowest BCUT2D eigenvalue weighted by molar-refractivity contribution is 0.0315. The zero-order chi connectivity index (χ0) is 19.2. The number of nitrogens with zero attached hydrogens (tertiary/aromatic N) is 4. The highest BCUT2D eigenvalue weighted by Crippen LogP contribution is 2.30. The summed E-state index contributed by atoms with van der Waals surface area (Å²) in [5, 5.41) is 9.82. The normalized spacial score (nSPS) is 16.8. The van der Waals surface area contributed by atoms with Crippen LogP contribution in [-0.4, -0.2) is 44.8 Å². The fraction of sp³-hybridized carbons (Fsp3) is 0.381. The van der Waals surface area contributed by atoms with Gasteiger partial charge in [0, 0.05) is 36.0 Å². The molecular formula is C21H24N4O2S. The Kier molecular flexibility index (Phi) is 6.24.